The van der Waals surface area contributed by atoms with E-state index in [9.17, 15) is 14.4 Å². The maximum absolute atomic E-state index is 13.8. The van der Waals surface area contributed by atoms with Crippen molar-refractivity contribution in [3.8, 4) is 0 Å². The highest BCUT2D eigenvalue weighted by atomic mass is 35.5. The van der Waals surface area contributed by atoms with Gasteiger partial charge < -0.3 is 15.5 Å². The Labute approximate surface area is 281 Å². The van der Waals surface area contributed by atoms with Crippen LogP contribution in [0.15, 0.2) is 60.7 Å². The molecule has 0 spiro atoms. The number of nitrogens with two attached hydrogens (primary N) is 1. The highest BCUT2D eigenvalue weighted by Crippen LogP contribution is 2.34. The largest absolute Gasteiger partial charge is 0.369 e. The van der Waals surface area contributed by atoms with Crippen LogP contribution in [0.5, 0.6) is 0 Å². The Morgan fingerprint density at radius 2 is 1.48 bits per heavy atom. The van der Waals surface area contributed by atoms with Crippen LogP contribution in [0.3, 0.4) is 0 Å². The molecule has 0 aliphatic carbocycles. The van der Waals surface area contributed by atoms with Gasteiger partial charge in [0.2, 0.25) is 11.8 Å². The van der Waals surface area contributed by atoms with Crippen LogP contribution >= 0.6 is 23.2 Å². The van der Waals surface area contributed by atoms with E-state index in [4.69, 9.17) is 28.9 Å². The third kappa shape index (κ3) is 7.26. The minimum Gasteiger partial charge on any atom is -0.369 e. The summed E-state index contributed by atoms with van der Waals surface area (Å²) in [6, 6.07) is 20.1. The monoisotopic (exact) mass is 661 g/mol. The van der Waals surface area contributed by atoms with E-state index in [2.05, 4.69) is 28.0 Å². The van der Waals surface area contributed by atoms with Crippen LogP contribution in [0, 0.1) is 13.8 Å². The van der Waals surface area contributed by atoms with Crippen molar-refractivity contribution in [2.75, 3.05) is 39.3 Å². The summed E-state index contributed by atoms with van der Waals surface area (Å²) in [4.78, 5) is 47.4. The van der Waals surface area contributed by atoms with Crippen molar-refractivity contribution in [1.29, 1.82) is 0 Å². The smallest absolute Gasteiger partial charge is 0.254 e. The van der Waals surface area contributed by atoms with E-state index in [0.717, 1.165) is 48.3 Å². The molecule has 10 heteroatoms. The van der Waals surface area contributed by atoms with Crippen molar-refractivity contribution in [1.82, 2.24) is 19.6 Å². The van der Waals surface area contributed by atoms with Gasteiger partial charge in [0.15, 0.2) is 0 Å². The first kappa shape index (κ1) is 32.5. The fourth-order valence-electron chi connectivity index (χ4n) is 7.43. The molecule has 6 rings (SSSR count). The van der Waals surface area contributed by atoms with Crippen molar-refractivity contribution in [2.24, 2.45) is 5.73 Å². The lowest BCUT2D eigenvalue weighted by Crippen LogP contribution is -2.53. The zero-order valence-electron chi connectivity index (χ0n) is 26.4. The maximum atomic E-state index is 13.8. The summed E-state index contributed by atoms with van der Waals surface area (Å²) in [5, 5.41) is 0.893. The van der Waals surface area contributed by atoms with Crippen LogP contribution in [0.4, 0.5) is 0 Å². The van der Waals surface area contributed by atoms with Crippen molar-refractivity contribution in [3.05, 3.63) is 104 Å². The molecule has 3 heterocycles. The minimum absolute atomic E-state index is 0.0248. The van der Waals surface area contributed by atoms with E-state index < -0.39 is 0 Å². The van der Waals surface area contributed by atoms with Crippen LogP contribution in [0.1, 0.15) is 57.1 Å². The average molecular weight is 663 g/mol. The maximum Gasteiger partial charge on any atom is 0.254 e. The number of carbonyl (C=O) groups excluding carboxylic acids is 3. The molecular weight excluding hydrogens is 621 g/mol. The Morgan fingerprint density at radius 1 is 0.804 bits per heavy atom. The molecule has 46 heavy (non-hydrogen) atoms. The molecule has 0 aromatic heterocycles. The normalized spacial score (nSPS) is 21.6. The summed E-state index contributed by atoms with van der Waals surface area (Å²) in [5.41, 5.74) is 11.1. The molecule has 0 saturated carbocycles. The standard InChI is InChI=1S/C36H41Cl2N5O3/c1-23-13-24(2)15-28(14-23)36(46)41-11-12-43(33(22-41)27-7-8-31(37)32(38)17-27)35(45)9-10-40-20-30-18-29(40)21-42(30)19-26-5-3-25(4-6-26)16-34(39)44/h3-8,13-15,17,29-30,33H,9-12,16,18-22H2,1-2H3,(H2,39,44)/t29-,30-,33-/m0/s1. The Bertz CT molecular complexity index is 1610. The van der Waals surface area contributed by atoms with Gasteiger partial charge in [0, 0.05) is 69.9 Å². The summed E-state index contributed by atoms with van der Waals surface area (Å²) < 4.78 is 0. The summed E-state index contributed by atoms with van der Waals surface area (Å²) >= 11 is 12.7. The Kier molecular flexibility index (Phi) is 9.71. The minimum atomic E-state index is -0.321. The van der Waals surface area contributed by atoms with Gasteiger partial charge in [-0.2, -0.15) is 0 Å². The fourth-order valence-corrected chi connectivity index (χ4v) is 7.74. The molecular formula is C36H41Cl2N5O3. The molecule has 0 unspecified atom stereocenters. The van der Waals surface area contributed by atoms with E-state index in [-0.39, 0.29) is 30.2 Å². The third-order valence-corrected chi connectivity index (χ3v) is 10.4. The number of hydrogen-bond donors (Lipinski definition) is 1. The lowest BCUT2D eigenvalue weighted by Gasteiger charge is -2.42. The van der Waals surface area contributed by atoms with E-state index >= 15 is 0 Å². The molecule has 3 aliphatic rings. The number of primary amides is 1. The first-order chi connectivity index (χ1) is 22.0. The lowest BCUT2D eigenvalue weighted by atomic mass is 10.00. The van der Waals surface area contributed by atoms with Gasteiger partial charge >= 0.3 is 0 Å². The van der Waals surface area contributed by atoms with E-state index in [1.807, 2.05) is 60.0 Å². The van der Waals surface area contributed by atoms with E-state index in [1.54, 1.807) is 6.07 Å². The molecule has 0 radical (unpaired) electrons. The summed E-state index contributed by atoms with van der Waals surface area (Å²) in [6.07, 6.45) is 1.80. The number of rotatable bonds is 9. The van der Waals surface area contributed by atoms with Crippen LogP contribution in [0.2, 0.25) is 10.0 Å². The van der Waals surface area contributed by atoms with E-state index in [0.29, 0.717) is 60.3 Å². The zero-order chi connectivity index (χ0) is 32.5. The van der Waals surface area contributed by atoms with Gasteiger partial charge in [-0.1, -0.05) is 70.7 Å². The predicted molar refractivity (Wildman–Crippen MR) is 181 cm³/mol. The average Bonchev–Trinajstić information content (AvgIpc) is 3.61. The van der Waals surface area contributed by atoms with Crippen molar-refractivity contribution in [2.45, 2.75) is 57.8 Å². The highest BCUT2D eigenvalue weighted by molar-refractivity contribution is 6.42. The number of hydrogen-bond acceptors (Lipinski definition) is 5. The molecule has 3 amide bonds. The molecule has 2 bridgehead atoms. The number of aryl methyl sites for hydroxylation is 2. The topological polar surface area (TPSA) is 90.2 Å². The molecule has 242 valence electrons. The number of likely N-dealkylation sites (tertiary alicyclic amines) is 2. The quantitative estimate of drug-likeness (QED) is 0.348. The molecule has 2 N–H and O–H groups in total. The van der Waals surface area contributed by atoms with Gasteiger partial charge in [-0.25, -0.2) is 0 Å². The first-order valence-electron chi connectivity index (χ1n) is 16.0. The van der Waals surface area contributed by atoms with Crippen LogP contribution < -0.4 is 5.73 Å². The second-order valence-corrected chi connectivity index (χ2v) is 13.9. The summed E-state index contributed by atoms with van der Waals surface area (Å²) in [6.45, 7) is 8.83. The van der Waals surface area contributed by atoms with Crippen molar-refractivity contribution >= 4 is 40.9 Å². The van der Waals surface area contributed by atoms with Gasteiger partial charge in [0.1, 0.15) is 0 Å². The zero-order valence-corrected chi connectivity index (χ0v) is 27.9. The van der Waals surface area contributed by atoms with Gasteiger partial charge in [0.25, 0.3) is 5.91 Å². The third-order valence-electron chi connectivity index (χ3n) is 9.65. The predicted octanol–water partition coefficient (Wildman–Crippen LogP) is 5.01. The summed E-state index contributed by atoms with van der Waals surface area (Å²) in [5.74, 6) is -0.257. The number of piperazine rings is 2. The molecule has 3 aromatic rings. The fraction of sp³-hybridized carbons (Fsp3) is 0.417. The highest BCUT2D eigenvalue weighted by Gasteiger charge is 2.43. The van der Waals surface area contributed by atoms with Gasteiger partial charge in [-0.3, -0.25) is 24.2 Å². The van der Waals surface area contributed by atoms with Crippen LogP contribution in [0.25, 0.3) is 0 Å². The lowest BCUT2D eigenvalue weighted by molar-refractivity contribution is -0.136. The van der Waals surface area contributed by atoms with Gasteiger partial charge in [-0.15, -0.1) is 0 Å². The molecule has 8 nitrogen and oxygen atoms in total. The summed E-state index contributed by atoms with van der Waals surface area (Å²) in [7, 11) is 0. The molecule has 3 aliphatic heterocycles. The number of fused-ring (bicyclic) bond motifs is 2. The number of amides is 3. The van der Waals surface area contributed by atoms with Crippen LogP contribution in [-0.2, 0) is 22.6 Å². The Hall–Kier alpha value is -3.43. The van der Waals surface area contributed by atoms with Crippen LogP contribution in [-0.4, -0.2) is 88.7 Å². The van der Waals surface area contributed by atoms with Crippen molar-refractivity contribution in [3.63, 3.8) is 0 Å². The molecule has 3 fully saturated rings. The Morgan fingerprint density at radius 3 is 2.13 bits per heavy atom. The van der Waals surface area contributed by atoms with E-state index in [1.165, 1.54) is 5.56 Å². The number of benzene rings is 3. The molecule has 3 saturated heterocycles. The second kappa shape index (κ2) is 13.7. The number of halogens is 2. The van der Waals surface area contributed by atoms with Crippen molar-refractivity contribution < 1.29 is 14.4 Å². The first-order valence-corrected chi connectivity index (χ1v) is 16.8. The molecule has 3 aromatic carbocycles. The molecule has 3 atom stereocenters. The number of carbonyl (C=O) groups is 3. The SMILES string of the molecule is Cc1cc(C)cc(C(=O)N2CCN(C(=O)CCN3C[C@@H]4C[C@H]3CN4Cc3ccc(CC(N)=O)cc3)[C@H](c3ccc(Cl)c(Cl)c3)C2)c1. The second-order valence-electron chi connectivity index (χ2n) is 13.1. The van der Waals surface area contributed by atoms with Gasteiger partial charge in [0.05, 0.1) is 22.5 Å². The van der Waals surface area contributed by atoms with Gasteiger partial charge in [-0.05, 0) is 61.2 Å². The number of nitrogens with zero attached hydrogens (tertiary/aromatic N) is 4. The Balaban J connectivity index is 1.08.